The number of benzene rings is 6. The van der Waals surface area contributed by atoms with Crippen molar-refractivity contribution in [2.75, 3.05) is 0 Å². The van der Waals surface area contributed by atoms with Crippen LogP contribution in [0.15, 0.2) is 73.2 Å². The molecule has 0 unspecified atom stereocenters. The van der Waals surface area contributed by atoms with Crippen molar-refractivity contribution in [2.45, 2.75) is 6.54 Å². The van der Waals surface area contributed by atoms with E-state index in [1.807, 2.05) is 6.07 Å². The largest absolute Gasteiger partial charge is 0.478 e. The summed E-state index contributed by atoms with van der Waals surface area (Å²) in [4.78, 5) is 39.5. The smallest absolute Gasteiger partial charge is 0.368 e. The highest BCUT2D eigenvalue weighted by atomic mass is 19.2. The SMILES string of the molecule is Fc1c(F)c(F)c([B-](c2c(F)c(F)c(F)c(F)c2F)(c2c(F)c(F)c(F)c(F)c2F)c2c(F)c(F)c(F)c(F)c2F)c(F)c1F.O=C(O)c1cccc(OC(=O)c2c[n+](CC(=O)c3ccccc3)ccn2)c1. The van der Waals surface area contributed by atoms with Gasteiger partial charge in [0, 0.05) is 5.56 Å². The normalized spacial score (nSPS) is 11.3. The molecule has 0 saturated carbocycles. The summed E-state index contributed by atoms with van der Waals surface area (Å²) in [6.45, 7) is 0.0430. The topological polar surface area (TPSA) is 97.4 Å². The first-order valence-electron chi connectivity index (χ1n) is 19.0. The Hall–Kier alpha value is -8.33. The number of carboxylic acid groups (broad SMARTS) is 1. The third kappa shape index (κ3) is 8.91. The fraction of sp³-hybridized carbons (Fsp3) is 0.0227. The minimum absolute atomic E-state index is 0.000843. The predicted molar refractivity (Wildman–Crippen MR) is 203 cm³/mol. The van der Waals surface area contributed by atoms with Crippen LogP contribution in [0, 0.1) is 116 Å². The molecule has 1 heterocycles. The van der Waals surface area contributed by atoms with Gasteiger partial charge < -0.3 is 9.84 Å². The van der Waals surface area contributed by atoms with Crippen molar-refractivity contribution in [1.29, 1.82) is 0 Å². The summed E-state index contributed by atoms with van der Waals surface area (Å²) in [6, 6.07) is 14.4. The number of aromatic nitrogens is 2. The number of nitrogens with zero attached hydrogens (tertiary/aromatic N) is 2. The average molecular weight is 1040 g/mol. The Morgan fingerprint density at radius 2 is 0.792 bits per heavy atom. The second-order valence-electron chi connectivity index (χ2n) is 14.4. The highest BCUT2D eigenvalue weighted by molar-refractivity contribution is 7.20. The maximum Gasteiger partial charge on any atom is 0.368 e. The van der Waals surface area contributed by atoms with E-state index in [0.717, 1.165) is 0 Å². The molecule has 0 aliphatic heterocycles. The van der Waals surface area contributed by atoms with E-state index < -0.39 is 156 Å². The fourth-order valence-corrected chi connectivity index (χ4v) is 7.24. The van der Waals surface area contributed by atoms with Crippen molar-refractivity contribution in [2.24, 2.45) is 0 Å². The summed E-state index contributed by atoms with van der Waals surface area (Å²) in [5.41, 5.74) is -13.8. The Morgan fingerprint density at radius 3 is 1.14 bits per heavy atom. The molecule has 1 N–H and O–H groups in total. The van der Waals surface area contributed by atoms with Gasteiger partial charge in [0.15, 0.2) is 76.0 Å². The van der Waals surface area contributed by atoms with E-state index in [1.54, 1.807) is 30.5 Å². The molecule has 0 fully saturated rings. The van der Waals surface area contributed by atoms with Gasteiger partial charge in [0.2, 0.25) is 24.2 Å². The first-order valence-corrected chi connectivity index (χ1v) is 19.0. The Morgan fingerprint density at radius 1 is 0.458 bits per heavy atom. The third-order valence-corrected chi connectivity index (χ3v) is 10.4. The average Bonchev–Trinajstić information content (AvgIpc) is 3.36. The van der Waals surface area contributed by atoms with E-state index in [9.17, 15) is 67.1 Å². The molecule has 72 heavy (non-hydrogen) atoms. The van der Waals surface area contributed by atoms with Crippen LogP contribution in [0.3, 0.4) is 0 Å². The van der Waals surface area contributed by atoms with Crippen LogP contribution < -0.4 is 31.2 Å². The van der Waals surface area contributed by atoms with Gasteiger partial charge >= 0.3 is 11.9 Å². The van der Waals surface area contributed by atoms with E-state index in [-0.39, 0.29) is 29.3 Å². The van der Waals surface area contributed by atoms with Crippen molar-refractivity contribution in [3.63, 3.8) is 0 Å². The molecule has 0 atom stereocenters. The number of Topliss-reactive ketones (excluding diaryl/α,β-unsaturated/α-hetero) is 1. The summed E-state index contributed by atoms with van der Waals surface area (Å²) in [6.07, 6.45) is -2.85. The van der Waals surface area contributed by atoms with E-state index in [1.165, 1.54) is 41.2 Å². The summed E-state index contributed by atoms with van der Waals surface area (Å²) in [5, 5.41) is 8.99. The number of carbonyl (C=O) groups is 3. The van der Waals surface area contributed by atoms with Crippen molar-refractivity contribution in [3.8, 4) is 5.75 Å². The maximum absolute atomic E-state index is 15.4. The van der Waals surface area contributed by atoms with E-state index in [0.29, 0.717) is 5.56 Å². The van der Waals surface area contributed by atoms with Crippen LogP contribution in [0.5, 0.6) is 5.75 Å². The fourth-order valence-electron chi connectivity index (χ4n) is 7.24. The minimum atomic E-state index is -7.22. The number of rotatable bonds is 10. The zero-order valence-corrected chi connectivity index (χ0v) is 34.2. The zero-order valence-electron chi connectivity index (χ0n) is 34.2. The molecule has 374 valence electrons. The summed E-state index contributed by atoms with van der Waals surface area (Å²) < 4.78 is 301. The lowest BCUT2D eigenvalue weighted by atomic mass is 9.12. The van der Waals surface area contributed by atoms with Crippen LogP contribution in [0.25, 0.3) is 0 Å². The summed E-state index contributed by atoms with van der Waals surface area (Å²) in [7, 11) is 0. The van der Waals surface area contributed by atoms with Crippen LogP contribution in [-0.2, 0) is 6.54 Å². The molecule has 0 aliphatic carbocycles. The van der Waals surface area contributed by atoms with Gasteiger partial charge in [-0.1, -0.05) is 36.4 Å². The van der Waals surface area contributed by atoms with Crippen molar-refractivity contribution in [3.05, 3.63) is 206 Å². The predicted octanol–water partition coefficient (Wildman–Crippen LogP) is 8.02. The Balaban J connectivity index is 0.000000266. The molecule has 6 aromatic carbocycles. The molecule has 0 spiro atoms. The van der Waals surface area contributed by atoms with Gasteiger partial charge in [0.1, 0.15) is 58.4 Å². The van der Waals surface area contributed by atoms with E-state index in [4.69, 9.17) is 9.84 Å². The molecule has 7 nitrogen and oxygen atoms in total. The van der Waals surface area contributed by atoms with Crippen LogP contribution >= 0.6 is 0 Å². The second kappa shape index (κ2) is 20.2. The highest BCUT2D eigenvalue weighted by Gasteiger charge is 2.52. The van der Waals surface area contributed by atoms with E-state index >= 15 is 35.1 Å². The Kier molecular flexibility index (Phi) is 14.9. The van der Waals surface area contributed by atoms with Gasteiger partial charge in [0.05, 0.1) is 11.8 Å². The van der Waals surface area contributed by atoms with Gasteiger partial charge in [0.25, 0.3) is 0 Å². The first-order chi connectivity index (χ1) is 33.7. The summed E-state index contributed by atoms with van der Waals surface area (Å²) in [5.74, 6) is -73.3. The van der Waals surface area contributed by atoms with Crippen molar-refractivity contribution in [1.82, 2.24) is 4.98 Å². The molecule has 28 heteroatoms. The van der Waals surface area contributed by atoms with Gasteiger partial charge in [-0.3, -0.25) is 4.79 Å². The number of halogens is 20. The monoisotopic (exact) mass is 1040 g/mol. The number of hydrogen-bond donors (Lipinski definition) is 1. The van der Waals surface area contributed by atoms with Crippen LogP contribution in [0.4, 0.5) is 87.8 Å². The number of hydrogen-bond acceptors (Lipinski definition) is 5. The van der Waals surface area contributed by atoms with Crippen molar-refractivity contribution < 1.29 is 117 Å². The standard InChI is InChI=1S/C24BF20.C20H14N2O5/c26-5-1(6(27)14(35)21(42)13(5)34)25(2-7(28)15(36)22(43)16(37)8(2)29,3-9(30)17(38)23(44)18(39)10(3)31)4-11(32)19(40)24(45)20(41)12(4)33;23-18(14-5-2-1-3-6-14)13-22-10-9-21-17(12-22)20(26)27-16-8-4-7-15(11-16)19(24)25/h;1-12H,13H2/q-1;/p+1. The third-order valence-electron chi connectivity index (χ3n) is 10.4. The molecular formula is C44H15BF20N2O5. The Bertz CT molecular complexity index is 3020. The number of ether oxygens (including phenoxy) is 1. The molecule has 7 rings (SSSR count). The quantitative estimate of drug-likeness (QED) is 0.0218. The Labute approximate surface area is 385 Å². The summed E-state index contributed by atoms with van der Waals surface area (Å²) >= 11 is 0. The van der Waals surface area contributed by atoms with Crippen molar-refractivity contribution >= 4 is 45.7 Å². The number of ketones is 1. The van der Waals surface area contributed by atoms with Crippen LogP contribution in [-0.4, -0.2) is 34.0 Å². The highest BCUT2D eigenvalue weighted by Crippen LogP contribution is 2.31. The molecule has 0 saturated heterocycles. The number of esters is 1. The van der Waals surface area contributed by atoms with Gasteiger partial charge in [-0.05, 0) is 18.2 Å². The van der Waals surface area contributed by atoms with Gasteiger partial charge in [-0.15, -0.1) is 21.9 Å². The molecule has 0 bridgehead atoms. The second-order valence-corrected chi connectivity index (χ2v) is 14.4. The molecular weight excluding hydrogens is 1030 g/mol. The lowest BCUT2D eigenvalue weighted by molar-refractivity contribution is -0.683. The molecule has 0 radical (unpaired) electrons. The lowest BCUT2D eigenvalue weighted by Gasteiger charge is -2.44. The lowest BCUT2D eigenvalue weighted by Crippen LogP contribution is -2.81. The molecule has 7 aromatic rings. The minimum Gasteiger partial charge on any atom is -0.478 e. The van der Waals surface area contributed by atoms with Crippen LogP contribution in [0.2, 0.25) is 0 Å². The van der Waals surface area contributed by atoms with E-state index in [2.05, 4.69) is 4.98 Å². The molecule has 0 amide bonds. The van der Waals surface area contributed by atoms with Gasteiger partial charge in [-0.2, -0.15) is 4.57 Å². The number of carbonyl (C=O) groups excluding carboxylic acids is 2. The number of carboxylic acids is 1. The van der Waals surface area contributed by atoms with Gasteiger partial charge in [-0.25, -0.2) is 102 Å². The number of aromatic carboxylic acids is 1. The maximum atomic E-state index is 15.4. The molecule has 0 aliphatic rings. The zero-order chi connectivity index (χ0) is 53.6. The first kappa shape index (κ1) is 53.0. The van der Waals surface area contributed by atoms with Crippen LogP contribution in [0.1, 0.15) is 31.2 Å². The molecule has 1 aromatic heterocycles.